The fourth-order valence-corrected chi connectivity index (χ4v) is 0.687. The third-order valence-electron chi connectivity index (χ3n) is 1.28. The largest absolute Gasteiger partial charge is 0.481 e. The van der Waals surface area contributed by atoms with Crippen LogP contribution in [0.1, 0.15) is 13.3 Å². The number of rotatable bonds is 5. The molecular weight excluding hydrogens is 172 g/mol. The lowest BCUT2D eigenvalue weighted by Gasteiger charge is -2.06. The Morgan fingerprint density at radius 3 is 2.46 bits per heavy atom. The predicted molar refractivity (Wildman–Crippen MR) is 46.8 cm³/mol. The van der Waals surface area contributed by atoms with Gasteiger partial charge in [-0.25, -0.2) is 0 Å². The van der Waals surface area contributed by atoms with E-state index >= 15 is 0 Å². The summed E-state index contributed by atoms with van der Waals surface area (Å²) in [5.74, 6) is -2.35. The Hall–Kier alpha value is -1.58. The van der Waals surface area contributed by atoms with Crippen molar-refractivity contribution in [1.29, 1.82) is 0 Å². The Morgan fingerprint density at radius 1 is 1.62 bits per heavy atom. The van der Waals surface area contributed by atoms with Gasteiger partial charge in [-0.3, -0.25) is 9.59 Å². The van der Waals surface area contributed by atoms with Crippen LogP contribution < -0.4 is 0 Å². The second-order valence-corrected chi connectivity index (χ2v) is 2.56. The first kappa shape index (κ1) is 11.4. The normalized spacial score (nSPS) is 11.5. The summed E-state index contributed by atoms with van der Waals surface area (Å²) in [5, 5.41) is 8.55. The minimum absolute atomic E-state index is 0.217. The number of carboxylic acids is 1. The van der Waals surface area contributed by atoms with Crippen LogP contribution in [0, 0.1) is 5.92 Å². The average molecular weight is 184 g/mol. The summed E-state index contributed by atoms with van der Waals surface area (Å²) < 4.78 is 4.59. The van der Waals surface area contributed by atoms with Crippen molar-refractivity contribution in [3.8, 4) is 0 Å². The Labute approximate surface area is 76.5 Å². The molecule has 0 aliphatic rings. The molecule has 0 radical (unpaired) electrons. The maximum absolute atomic E-state index is 10.9. The van der Waals surface area contributed by atoms with E-state index < -0.39 is 17.9 Å². The topological polar surface area (TPSA) is 63.6 Å². The summed E-state index contributed by atoms with van der Waals surface area (Å²) in [7, 11) is 0. The maximum atomic E-state index is 10.9. The first-order valence-corrected chi connectivity index (χ1v) is 3.69. The first-order chi connectivity index (χ1) is 5.97. The van der Waals surface area contributed by atoms with Gasteiger partial charge in [0, 0.05) is 0 Å². The van der Waals surface area contributed by atoms with Gasteiger partial charge in [0.25, 0.3) is 0 Å². The summed E-state index contributed by atoms with van der Waals surface area (Å²) in [6.07, 6.45) is 0.980. The van der Waals surface area contributed by atoms with Gasteiger partial charge in [0.05, 0.1) is 18.1 Å². The first-order valence-electron chi connectivity index (χ1n) is 3.69. The smallest absolute Gasteiger partial charge is 0.312 e. The Morgan fingerprint density at radius 2 is 2.15 bits per heavy atom. The van der Waals surface area contributed by atoms with Crippen molar-refractivity contribution in [2.75, 3.05) is 0 Å². The summed E-state index contributed by atoms with van der Waals surface area (Å²) in [4.78, 5) is 21.4. The van der Waals surface area contributed by atoms with E-state index in [0.29, 0.717) is 0 Å². The molecule has 4 nitrogen and oxygen atoms in total. The molecule has 1 atom stereocenters. The Bertz CT molecular complexity index is 242. The standard InChI is InChI=1S/C9H12O4/c1-4-7(9(11)12)5-8(10)13-6(2)3/h4,7H,1-2,5H2,3H3,(H,11,12). The number of carbonyl (C=O) groups is 2. The van der Waals surface area contributed by atoms with E-state index in [1.54, 1.807) is 0 Å². The number of aliphatic carboxylic acids is 1. The lowest BCUT2D eigenvalue weighted by molar-refractivity contribution is -0.147. The highest BCUT2D eigenvalue weighted by Crippen LogP contribution is 2.07. The van der Waals surface area contributed by atoms with Gasteiger partial charge in [-0.05, 0) is 6.92 Å². The van der Waals surface area contributed by atoms with E-state index in [-0.39, 0.29) is 12.2 Å². The van der Waals surface area contributed by atoms with Gasteiger partial charge < -0.3 is 9.84 Å². The molecule has 0 amide bonds. The molecule has 0 spiro atoms. The number of allylic oxidation sites excluding steroid dienone is 1. The molecule has 72 valence electrons. The molecule has 0 heterocycles. The van der Waals surface area contributed by atoms with Gasteiger partial charge in [0.2, 0.25) is 0 Å². The van der Waals surface area contributed by atoms with Gasteiger partial charge >= 0.3 is 11.9 Å². The molecule has 0 aromatic heterocycles. The monoisotopic (exact) mass is 184 g/mol. The zero-order valence-electron chi connectivity index (χ0n) is 7.45. The van der Waals surface area contributed by atoms with Crippen molar-refractivity contribution in [2.24, 2.45) is 5.92 Å². The van der Waals surface area contributed by atoms with Gasteiger partial charge in [0.15, 0.2) is 0 Å². The average Bonchev–Trinajstić information content (AvgIpc) is 1.98. The fourth-order valence-electron chi connectivity index (χ4n) is 0.687. The second kappa shape index (κ2) is 5.13. The number of hydrogen-bond donors (Lipinski definition) is 1. The number of esters is 1. The minimum Gasteiger partial charge on any atom is -0.481 e. The Kier molecular flexibility index (Phi) is 4.51. The van der Waals surface area contributed by atoms with Crippen molar-refractivity contribution >= 4 is 11.9 Å². The molecule has 4 heteroatoms. The van der Waals surface area contributed by atoms with Crippen LogP contribution >= 0.6 is 0 Å². The van der Waals surface area contributed by atoms with Gasteiger partial charge in [-0.2, -0.15) is 0 Å². The summed E-state index contributed by atoms with van der Waals surface area (Å²) in [5.41, 5.74) is 0. The van der Waals surface area contributed by atoms with Crippen LogP contribution in [-0.2, 0) is 14.3 Å². The molecular formula is C9H12O4. The number of ether oxygens (including phenoxy) is 1. The molecule has 0 fully saturated rings. The molecule has 0 saturated carbocycles. The summed E-state index contributed by atoms with van der Waals surface area (Å²) >= 11 is 0. The quantitative estimate of drug-likeness (QED) is 0.398. The lowest BCUT2D eigenvalue weighted by Crippen LogP contribution is -2.16. The van der Waals surface area contributed by atoms with E-state index in [1.807, 2.05) is 0 Å². The van der Waals surface area contributed by atoms with Crippen molar-refractivity contribution < 1.29 is 19.4 Å². The van der Waals surface area contributed by atoms with Crippen molar-refractivity contribution in [3.05, 3.63) is 25.0 Å². The molecule has 0 aromatic rings. The highest BCUT2D eigenvalue weighted by molar-refractivity contribution is 5.80. The highest BCUT2D eigenvalue weighted by Gasteiger charge is 2.18. The lowest BCUT2D eigenvalue weighted by atomic mass is 10.1. The van der Waals surface area contributed by atoms with E-state index in [0.717, 1.165) is 0 Å². The Balaban J connectivity index is 4.09. The third kappa shape index (κ3) is 4.79. The molecule has 0 saturated heterocycles. The van der Waals surface area contributed by atoms with Gasteiger partial charge in [-0.15, -0.1) is 6.58 Å². The van der Waals surface area contributed by atoms with E-state index in [1.165, 1.54) is 13.0 Å². The molecule has 13 heavy (non-hydrogen) atoms. The third-order valence-corrected chi connectivity index (χ3v) is 1.28. The van der Waals surface area contributed by atoms with Crippen LogP contribution in [0.25, 0.3) is 0 Å². The number of carbonyl (C=O) groups excluding carboxylic acids is 1. The zero-order valence-corrected chi connectivity index (χ0v) is 7.45. The molecule has 0 aliphatic heterocycles. The molecule has 0 bridgehead atoms. The van der Waals surface area contributed by atoms with E-state index in [9.17, 15) is 9.59 Å². The highest BCUT2D eigenvalue weighted by atomic mass is 16.5. The van der Waals surface area contributed by atoms with Crippen LogP contribution in [0.3, 0.4) is 0 Å². The summed E-state index contributed by atoms with van der Waals surface area (Å²) in [6.45, 7) is 8.18. The zero-order chi connectivity index (χ0) is 10.4. The van der Waals surface area contributed by atoms with E-state index in [4.69, 9.17) is 5.11 Å². The molecule has 0 aliphatic carbocycles. The molecule has 0 rings (SSSR count). The second-order valence-electron chi connectivity index (χ2n) is 2.56. The molecule has 1 N–H and O–H groups in total. The predicted octanol–water partition coefficient (Wildman–Crippen LogP) is 1.34. The van der Waals surface area contributed by atoms with Gasteiger partial charge in [0.1, 0.15) is 0 Å². The number of carboxylic acid groups (broad SMARTS) is 1. The number of hydrogen-bond acceptors (Lipinski definition) is 3. The molecule has 0 aromatic carbocycles. The van der Waals surface area contributed by atoms with Gasteiger partial charge in [-0.1, -0.05) is 12.7 Å². The SMILES string of the molecule is C=CC(CC(=O)OC(=C)C)C(=O)O. The van der Waals surface area contributed by atoms with Crippen LogP contribution in [0.2, 0.25) is 0 Å². The van der Waals surface area contributed by atoms with Crippen molar-refractivity contribution in [2.45, 2.75) is 13.3 Å². The van der Waals surface area contributed by atoms with Crippen molar-refractivity contribution in [1.82, 2.24) is 0 Å². The maximum Gasteiger partial charge on any atom is 0.312 e. The van der Waals surface area contributed by atoms with Crippen LogP contribution in [0.4, 0.5) is 0 Å². The van der Waals surface area contributed by atoms with E-state index in [2.05, 4.69) is 17.9 Å². The van der Waals surface area contributed by atoms with Crippen LogP contribution in [-0.4, -0.2) is 17.0 Å². The fraction of sp³-hybridized carbons (Fsp3) is 0.333. The van der Waals surface area contributed by atoms with Crippen LogP contribution in [0.15, 0.2) is 25.0 Å². The van der Waals surface area contributed by atoms with Crippen LogP contribution in [0.5, 0.6) is 0 Å². The molecule has 1 unspecified atom stereocenters. The van der Waals surface area contributed by atoms with Crippen molar-refractivity contribution in [3.63, 3.8) is 0 Å². The summed E-state index contributed by atoms with van der Waals surface area (Å²) in [6, 6.07) is 0. The minimum atomic E-state index is -1.09.